The van der Waals surface area contributed by atoms with Crippen molar-refractivity contribution in [1.29, 1.82) is 5.26 Å². The summed E-state index contributed by atoms with van der Waals surface area (Å²) >= 11 is 0. The molecule has 0 aromatic carbocycles. The van der Waals surface area contributed by atoms with Crippen molar-refractivity contribution in [2.24, 2.45) is 58.7 Å². The molecule has 11 atom stereocenters. The van der Waals surface area contributed by atoms with Crippen LogP contribution in [0.3, 0.4) is 0 Å². The minimum Gasteiger partial charge on any atom is -0.390 e. The van der Waals surface area contributed by atoms with E-state index in [2.05, 4.69) is 25.0 Å². The summed E-state index contributed by atoms with van der Waals surface area (Å²) in [4.78, 5) is 13.6. The fourth-order valence-electron chi connectivity index (χ4n) is 9.85. The van der Waals surface area contributed by atoms with E-state index in [1.54, 1.807) is 16.9 Å². The zero-order valence-electron chi connectivity index (χ0n) is 19.7. The van der Waals surface area contributed by atoms with Gasteiger partial charge in [0.2, 0.25) is 0 Å². The van der Waals surface area contributed by atoms with E-state index in [4.69, 9.17) is 5.26 Å². The highest BCUT2D eigenvalue weighted by atomic mass is 16.3. The van der Waals surface area contributed by atoms with Crippen LogP contribution in [-0.4, -0.2) is 26.3 Å². The zero-order chi connectivity index (χ0) is 22.4. The van der Waals surface area contributed by atoms with Crippen LogP contribution in [0.25, 0.3) is 0 Å². The lowest BCUT2D eigenvalue weighted by atomic mass is 9.47. The highest BCUT2D eigenvalue weighted by Gasteiger charge is 2.73. The lowest BCUT2D eigenvalue weighted by Crippen LogP contribution is -2.52. The van der Waals surface area contributed by atoms with Crippen molar-refractivity contribution < 1.29 is 9.90 Å². The molecule has 5 heteroatoms. The summed E-state index contributed by atoms with van der Waals surface area (Å²) in [6.45, 7) is 7.16. The zero-order valence-corrected chi connectivity index (χ0v) is 19.7. The third-order valence-corrected chi connectivity index (χ3v) is 11.0. The summed E-state index contributed by atoms with van der Waals surface area (Å²) in [6, 6.07) is 3.76. The van der Waals surface area contributed by atoms with E-state index in [-0.39, 0.29) is 11.3 Å². The van der Waals surface area contributed by atoms with Crippen molar-refractivity contribution >= 4 is 5.78 Å². The van der Waals surface area contributed by atoms with Crippen molar-refractivity contribution in [2.45, 2.75) is 77.9 Å². The number of aromatic nitrogens is 2. The van der Waals surface area contributed by atoms with Crippen LogP contribution < -0.4 is 0 Å². The van der Waals surface area contributed by atoms with Gasteiger partial charge in [-0.05, 0) is 111 Å². The van der Waals surface area contributed by atoms with Gasteiger partial charge in [-0.15, -0.1) is 0 Å². The number of ketones is 1. The molecule has 3 unspecified atom stereocenters. The minimum absolute atomic E-state index is 0.123. The summed E-state index contributed by atoms with van der Waals surface area (Å²) in [6.07, 6.45) is 9.91. The van der Waals surface area contributed by atoms with Gasteiger partial charge in [0.25, 0.3) is 0 Å². The molecule has 0 bridgehead atoms. The summed E-state index contributed by atoms with van der Waals surface area (Å²) in [5, 5.41) is 24.0. The Hall–Kier alpha value is -1.67. The smallest absolute Gasteiger partial charge is 0.162 e. The van der Waals surface area contributed by atoms with E-state index in [1.165, 1.54) is 32.1 Å². The second-order valence-corrected chi connectivity index (χ2v) is 12.6. The van der Waals surface area contributed by atoms with Crippen molar-refractivity contribution in [3.63, 3.8) is 0 Å². The van der Waals surface area contributed by atoms with Crippen LogP contribution in [0.1, 0.15) is 71.4 Å². The van der Waals surface area contributed by atoms with Crippen molar-refractivity contribution in [2.75, 3.05) is 0 Å². The first kappa shape index (κ1) is 20.9. The van der Waals surface area contributed by atoms with E-state index >= 15 is 0 Å². The van der Waals surface area contributed by atoms with Crippen LogP contribution in [0.15, 0.2) is 12.3 Å². The Morgan fingerprint density at radius 3 is 2.72 bits per heavy atom. The number of Topliss-reactive ketones (excluding diaryl/α,β-unsaturated/α-hetero) is 1. The van der Waals surface area contributed by atoms with Crippen LogP contribution in [0.2, 0.25) is 0 Å². The van der Waals surface area contributed by atoms with Gasteiger partial charge in [0.1, 0.15) is 6.07 Å². The number of carbonyl (C=O) groups excluding carboxylic acids is 1. The first-order chi connectivity index (χ1) is 15.2. The molecule has 0 saturated heterocycles. The maximum Gasteiger partial charge on any atom is 0.162 e. The number of hydrogen-bond donors (Lipinski definition) is 1. The molecule has 1 aromatic rings. The van der Waals surface area contributed by atoms with Crippen LogP contribution in [-0.2, 0) is 11.3 Å². The standard InChI is InChI=1S/C27H37N3O2/c1-15-22-23(15)25(21(31)14-30-11-8-17(13-28)29-30)27(3)10-7-19-18-6-9-26(2,32)12-16(18)4-5-20(19)24(22)27/h8,11,15-16,18-20,22-25,32H,4-7,9-10,12,14H2,1-3H3/t15?,16-,18+,19-,20-,22?,23?,24-,25+,26-,27+/m1/s1. The number of nitrogens with zero attached hydrogens (tertiary/aromatic N) is 3. The molecule has 0 aliphatic heterocycles. The molecule has 5 aliphatic carbocycles. The van der Waals surface area contributed by atoms with Crippen LogP contribution in [0.5, 0.6) is 0 Å². The maximum absolute atomic E-state index is 13.6. The lowest BCUT2D eigenvalue weighted by Gasteiger charge is -2.58. The summed E-state index contributed by atoms with van der Waals surface area (Å²) in [7, 11) is 0. The van der Waals surface area contributed by atoms with Gasteiger partial charge in [-0.2, -0.15) is 10.4 Å². The predicted molar refractivity (Wildman–Crippen MR) is 120 cm³/mol. The van der Waals surface area contributed by atoms with Gasteiger partial charge in [0.15, 0.2) is 11.5 Å². The second kappa shape index (κ2) is 6.92. The van der Waals surface area contributed by atoms with Gasteiger partial charge in [-0.25, -0.2) is 0 Å². The van der Waals surface area contributed by atoms with Crippen molar-refractivity contribution in [1.82, 2.24) is 9.78 Å². The Labute approximate surface area is 191 Å². The van der Waals surface area contributed by atoms with Gasteiger partial charge < -0.3 is 5.11 Å². The summed E-state index contributed by atoms with van der Waals surface area (Å²) in [5.74, 6) is 6.15. The number of rotatable bonds is 3. The molecule has 5 saturated carbocycles. The van der Waals surface area contributed by atoms with Crippen LogP contribution in [0.4, 0.5) is 0 Å². The van der Waals surface area contributed by atoms with Gasteiger partial charge in [-0.3, -0.25) is 9.48 Å². The fourth-order valence-corrected chi connectivity index (χ4v) is 9.85. The number of aliphatic hydroxyl groups is 1. The molecule has 0 amide bonds. The molecule has 32 heavy (non-hydrogen) atoms. The van der Waals surface area contributed by atoms with E-state index in [0.717, 1.165) is 36.5 Å². The molecule has 5 aliphatic rings. The Balaban J connectivity index is 1.25. The number of hydrogen-bond acceptors (Lipinski definition) is 4. The highest BCUT2D eigenvalue weighted by molar-refractivity contribution is 5.83. The molecule has 172 valence electrons. The molecule has 1 heterocycles. The monoisotopic (exact) mass is 435 g/mol. The van der Waals surface area contributed by atoms with Gasteiger partial charge in [-0.1, -0.05) is 13.8 Å². The topological polar surface area (TPSA) is 78.9 Å². The average Bonchev–Trinajstić information content (AvgIpc) is 3.09. The minimum atomic E-state index is -0.462. The summed E-state index contributed by atoms with van der Waals surface area (Å²) in [5.41, 5.74) is 0.0451. The average molecular weight is 436 g/mol. The van der Waals surface area contributed by atoms with Crippen molar-refractivity contribution in [3.05, 3.63) is 18.0 Å². The lowest BCUT2D eigenvalue weighted by molar-refractivity contribution is -0.137. The third-order valence-electron chi connectivity index (χ3n) is 11.0. The quantitative estimate of drug-likeness (QED) is 0.761. The molecule has 6 rings (SSSR count). The Morgan fingerprint density at radius 1 is 1.19 bits per heavy atom. The van der Waals surface area contributed by atoms with E-state index < -0.39 is 5.60 Å². The largest absolute Gasteiger partial charge is 0.390 e. The second-order valence-electron chi connectivity index (χ2n) is 12.6. The molecule has 5 nitrogen and oxygen atoms in total. The van der Waals surface area contributed by atoms with E-state index in [9.17, 15) is 9.90 Å². The van der Waals surface area contributed by atoms with E-state index in [1.807, 2.05) is 6.92 Å². The van der Waals surface area contributed by atoms with Crippen LogP contribution >= 0.6 is 0 Å². The van der Waals surface area contributed by atoms with Gasteiger partial charge in [0, 0.05) is 12.1 Å². The van der Waals surface area contributed by atoms with Gasteiger partial charge >= 0.3 is 0 Å². The van der Waals surface area contributed by atoms with Crippen molar-refractivity contribution in [3.8, 4) is 6.07 Å². The Kier molecular flexibility index (Phi) is 4.52. The van der Waals surface area contributed by atoms with Crippen LogP contribution in [0, 0.1) is 70.0 Å². The molecule has 5 fully saturated rings. The Bertz CT molecular complexity index is 976. The molecule has 0 radical (unpaired) electrons. The van der Waals surface area contributed by atoms with E-state index in [0.29, 0.717) is 41.7 Å². The molecular formula is C27H37N3O2. The first-order valence-electron chi connectivity index (χ1n) is 12.9. The number of fused-ring (bicyclic) bond motifs is 7. The molecular weight excluding hydrogens is 398 g/mol. The Morgan fingerprint density at radius 2 is 1.97 bits per heavy atom. The third kappa shape index (κ3) is 2.91. The maximum atomic E-state index is 13.6. The summed E-state index contributed by atoms with van der Waals surface area (Å²) < 4.78 is 1.67. The first-order valence-corrected chi connectivity index (χ1v) is 12.9. The number of nitriles is 1. The van der Waals surface area contributed by atoms with Gasteiger partial charge in [0.05, 0.1) is 12.1 Å². The SMILES string of the molecule is CC1C2C1[C@H]1[C@@H]3CC[C@@H]4C[C@](C)(O)CC[C@@H]4[C@H]3CC[C@]1(C)[C@H]2C(=O)Cn1ccc(C#N)n1. The molecule has 0 spiro atoms. The number of carbonyl (C=O) groups is 1. The predicted octanol–water partition coefficient (Wildman–Crippen LogP) is 4.45. The fraction of sp³-hybridized carbons (Fsp3) is 0.815. The normalized spacial score (nSPS) is 51.0. The molecule has 1 N–H and O–H groups in total. The highest BCUT2D eigenvalue weighted by Crippen LogP contribution is 2.76. The molecule has 1 aromatic heterocycles.